The average molecular weight is 949 g/mol. The Morgan fingerprint density at radius 1 is 0.360 bits per heavy atom. The van der Waals surface area contributed by atoms with E-state index in [1.54, 1.807) is 0 Å². The van der Waals surface area contributed by atoms with Gasteiger partial charge in [0.05, 0.1) is 62.3 Å². The maximum atomic E-state index is 12.2. The van der Waals surface area contributed by atoms with Gasteiger partial charge in [0, 0.05) is 59.8 Å². The fraction of sp³-hybridized carbons (Fsp3) is 0. The van der Waals surface area contributed by atoms with Gasteiger partial charge < -0.3 is 18.3 Å². The molecule has 342 valence electrons. The maximum Gasteiger partial charge on any atom is 0.250 e. The largest absolute Gasteiger partial charge is 0.320 e. The van der Waals surface area contributed by atoms with Gasteiger partial charge in [-0.15, -0.1) is 0 Å². The van der Waals surface area contributed by atoms with Crippen molar-refractivity contribution in [2.45, 2.75) is 0 Å². The van der Waals surface area contributed by atoms with Crippen molar-refractivity contribution in [3.8, 4) is 51.1 Å². The molecule has 75 heavy (non-hydrogen) atoms. The molecule has 0 N–H and O–H groups in total. The van der Waals surface area contributed by atoms with Gasteiger partial charge in [0.2, 0.25) is 5.69 Å². The number of benzene rings is 11. The molecule has 0 radical (unpaired) electrons. The van der Waals surface area contributed by atoms with E-state index in [9.17, 15) is 11.8 Å². The van der Waals surface area contributed by atoms with E-state index in [1.807, 2.05) is 0 Å². The number of aromatic nitrogens is 4. The van der Waals surface area contributed by atoms with Crippen LogP contribution in [0.25, 0.3) is 137 Å². The Hall–Kier alpha value is -10.3. The van der Waals surface area contributed by atoms with Crippen LogP contribution in [0.4, 0.5) is 5.69 Å². The van der Waals surface area contributed by atoms with Crippen molar-refractivity contribution in [2.75, 3.05) is 0 Å². The zero-order chi connectivity index (χ0) is 49.2. The fourth-order valence-electron chi connectivity index (χ4n) is 13.7. The van der Waals surface area contributed by atoms with E-state index in [0.29, 0.717) is 16.9 Å². The van der Waals surface area contributed by atoms with Crippen molar-refractivity contribution in [2.24, 2.45) is 0 Å². The van der Waals surface area contributed by atoms with E-state index >= 15 is 0 Å². The van der Waals surface area contributed by atoms with Crippen LogP contribution in [-0.2, 0) is 0 Å². The molecule has 7 heteroatoms. The van der Waals surface area contributed by atoms with Crippen LogP contribution in [0.3, 0.4) is 0 Å². The highest BCUT2D eigenvalue weighted by molar-refractivity contribution is 7.00. The van der Waals surface area contributed by atoms with E-state index in [4.69, 9.17) is 0 Å². The molecule has 0 unspecified atom stereocenters. The van der Waals surface area contributed by atoms with Gasteiger partial charge in [-0.2, -0.15) is 5.26 Å². The average Bonchev–Trinajstić information content (AvgIpc) is 4.39. The Bertz CT molecular complexity index is 4930. The number of para-hydroxylation sites is 6. The van der Waals surface area contributed by atoms with Gasteiger partial charge in [-0.25, -0.2) is 4.85 Å². The first-order chi connectivity index (χ1) is 37.2. The van der Waals surface area contributed by atoms with Crippen LogP contribution < -0.4 is 16.4 Å². The topological polar surface area (TPSA) is 47.9 Å². The summed E-state index contributed by atoms with van der Waals surface area (Å²) >= 11 is 0. The second-order valence-electron chi connectivity index (χ2n) is 20.1. The van der Waals surface area contributed by atoms with E-state index in [2.05, 4.69) is 254 Å². The van der Waals surface area contributed by atoms with Gasteiger partial charge in [-0.3, -0.25) is 0 Å². The van der Waals surface area contributed by atoms with Crippen molar-refractivity contribution in [3.05, 3.63) is 241 Å². The summed E-state index contributed by atoms with van der Waals surface area (Å²) in [5.74, 6) is 0. The highest BCUT2D eigenvalue weighted by atomic mass is 15.1. The Kier molecular flexibility index (Phi) is 7.86. The van der Waals surface area contributed by atoms with Crippen molar-refractivity contribution < 1.29 is 0 Å². The minimum Gasteiger partial charge on any atom is -0.320 e. The van der Waals surface area contributed by atoms with E-state index in [-0.39, 0.29) is 6.71 Å². The summed E-state index contributed by atoms with van der Waals surface area (Å²) in [5, 5.41) is 21.0. The Morgan fingerprint density at radius 3 is 1.29 bits per heavy atom. The zero-order valence-electron chi connectivity index (χ0n) is 40.1. The lowest BCUT2D eigenvalue weighted by Crippen LogP contribution is -2.59. The summed E-state index contributed by atoms with van der Waals surface area (Å²) in [6.45, 7) is 9.27. The molecule has 0 saturated carbocycles. The summed E-state index contributed by atoms with van der Waals surface area (Å²) in [4.78, 5) is 4.66. The monoisotopic (exact) mass is 948 g/mol. The number of nitrogens with zero attached hydrogens (tertiary/aromatic N) is 6. The second-order valence-corrected chi connectivity index (χ2v) is 20.1. The third-order valence-electron chi connectivity index (χ3n) is 16.5. The van der Waals surface area contributed by atoms with Crippen LogP contribution in [0.5, 0.6) is 0 Å². The summed E-state index contributed by atoms with van der Waals surface area (Å²) in [6.07, 6.45) is 0. The molecule has 0 saturated heterocycles. The molecule has 0 bridgehead atoms. The maximum absolute atomic E-state index is 12.2. The first kappa shape index (κ1) is 40.3. The molecular formula is C68H37BN6. The van der Waals surface area contributed by atoms with Crippen LogP contribution in [0.1, 0.15) is 5.56 Å². The lowest BCUT2D eigenvalue weighted by atomic mass is 9.34. The quantitative estimate of drug-likeness (QED) is 0.128. The Morgan fingerprint density at radius 2 is 0.787 bits per heavy atom. The predicted molar refractivity (Wildman–Crippen MR) is 310 cm³/mol. The zero-order valence-corrected chi connectivity index (χ0v) is 40.1. The number of hydrogen-bond acceptors (Lipinski definition) is 1. The molecule has 0 atom stereocenters. The van der Waals surface area contributed by atoms with Crippen LogP contribution in [0, 0.1) is 17.9 Å². The number of fused-ring (bicyclic) bond motifs is 16. The second kappa shape index (κ2) is 14.6. The molecule has 0 fully saturated rings. The van der Waals surface area contributed by atoms with Gasteiger partial charge in [-0.05, 0) is 93.2 Å². The number of rotatable bonds is 4. The van der Waals surface area contributed by atoms with E-state index in [1.165, 1.54) is 10.9 Å². The fourth-order valence-corrected chi connectivity index (χ4v) is 13.7. The first-order valence-electron chi connectivity index (χ1n) is 25.5. The predicted octanol–water partition coefficient (Wildman–Crippen LogP) is 15.0. The van der Waals surface area contributed by atoms with Crippen LogP contribution in [0.2, 0.25) is 0 Å². The summed E-state index contributed by atoms with van der Waals surface area (Å²) < 4.78 is 9.39. The van der Waals surface area contributed by atoms with Crippen LogP contribution in [-0.4, -0.2) is 25.0 Å². The first-order valence-corrected chi connectivity index (χ1v) is 25.5. The molecule has 15 aromatic rings. The molecule has 2 aliphatic heterocycles. The highest BCUT2D eigenvalue weighted by Crippen LogP contribution is 2.49. The summed E-state index contributed by atoms with van der Waals surface area (Å²) in [5.41, 5.74) is 20.4. The lowest BCUT2D eigenvalue weighted by molar-refractivity contribution is 1.10. The Balaban J connectivity index is 1.04. The van der Waals surface area contributed by atoms with Crippen molar-refractivity contribution in [3.63, 3.8) is 0 Å². The van der Waals surface area contributed by atoms with E-state index < -0.39 is 0 Å². The summed E-state index contributed by atoms with van der Waals surface area (Å²) in [6, 6.07) is 83.4. The normalized spacial score (nSPS) is 12.5. The minimum atomic E-state index is -0.232. The molecule has 11 aromatic carbocycles. The van der Waals surface area contributed by atoms with Crippen molar-refractivity contribution in [1.82, 2.24) is 18.3 Å². The van der Waals surface area contributed by atoms with Crippen LogP contribution in [0.15, 0.2) is 224 Å². The molecule has 6 heterocycles. The van der Waals surface area contributed by atoms with Gasteiger partial charge in [0.15, 0.2) is 0 Å². The van der Waals surface area contributed by atoms with Crippen LogP contribution >= 0.6 is 0 Å². The highest BCUT2D eigenvalue weighted by Gasteiger charge is 2.44. The third kappa shape index (κ3) is 5.11. The van der Waals surface area contributed by atoms with Gasteiger partial charge in [-0.1, -0.05) is 170 Å². The smallest absolute Gasteiger partial charge is 0.250 e. The molecule has 0 amide bonds. The SMILES string of the molecule is [C-]#[N+]c1c(-n2c3ccccc3c3cc4c(cc32)c2ccccc2n4-c2cc(-c3ccccc3)cc(-c3ccccc3)c2)c(C#N)c2c3c1-n1c4ccccc4c4cccc(c41)B3c1cccc3c4ccccc4n-2c13. The van der Waals surface area contributed by atoms with Crippen molar-refractivity contribution in [1.29, 1.82) is 5.26 Å². The molecular weight excluding hydrogens is 912 g/mol. The summed E-state index contributed by atoms with van der Waals surface area (Å²) in [7, 11) is 0. The lowest BCUT2D eigenvalue weighted by Gasteiger charge is -2.36. The molecule has 2 aliphatic rings. The van der Waals surface area contributed by atoms with Gasteiger partial charge in [0.1, 0.15) is 6.07 Å². The third-order valence-corrected chi connectivity index (χ3v) is 16.5. The molecule has 0 aliphatic carbocycles. The molecule has 6 nitrogen and oxygen atoms in total. The minimum absolute atomic E-state index is 0.232. The van der Waals surface area contributed by atoms with Gasteiger partial charge >= 0.3 is 0 Å². The standard InChI is InChI=1S/C68H37BN6/c1-71-63-67(53(39-70)66-62-68(63)75-59-33-15-9-23-46(59)50-27-17-29-55(65(50)75)69(62)54-28-16-26-49-45-22-8-14-32-58(45)74(66)64(49)54)73-57-31-13-11-25-48(57)52-37-60-51(38-61(52)73)47-24-10-12-30-56(47)72(60)44-35-42(40-18-4-2-5-19-40)34-43(36-44)41-20-6-3-7-21-41/h2-38H. The number of nitriles is 1. The van der Waals surface area contributed by atoms with Crippen molar-refractivity contribution >= 4 is 116 Å². The molecule has 17 rings (SSSR count). The molecule has 0 spiro atoms. The number of hydrogen-bond donors (Lipinski definition) is 0. The van der Waals surface area contributed by atoms with E-state index in [0.717, 1.165) is 132 Å². The Labute approximate surface area is 429 Å². The molecule has 4 aromatic heterocycles. The van der Waals surface area contributed by atoms with Gasteiger partial charge in [0.25, 0.3) is 6.71 Å².